The third kappa shape index (κ3) is 4.86. The first kappa shape index (κ1) is 20.7. The maximum Gasteiger partial charge on any atom is 0.318 e. The molecule has 0 aliphatic heterocycles. The molecule has 0 radical (unpaired) electrons. The Morgan fingerprint density at radius 2 is 1.83 bits per heavy atom. The third-order valence-corrected chi connectivity index (χ3v) is 5.90. The topological polar surface area (TPSA) is 94.3 Å². The molecule has 1 heterocycles. The van der Waals surface area contributed by atoms with Crippen molar-refractivity contribution in [3.63, 3.8) is 0 Å². The Morgan fingerprint density at radius 3 is 2.45 bits per heavy atom. The first-order valence-electron chi connectivity index (χ1n) is 9.20. The number of urea groups is 1. The summed E-state index contributed by atoms with van der Waals surface area (Å²) in [5.74, 6) is 0.256. The highest BCUT2D eigenvalue weighted by atomic mass is 32.2. The molecule has 29 heavy (non-hydrogen) atoms. The summed E-state index contributed by atoms with van der Waals surface area (Å²) < 4.78 is 5.35. The van der Waals surface area contributed by atoms with E-state index in [1.54, 1.807) is 7.11 Å². The minimum atomic E-state index is -0.859. The highest BCUT2D eigenvalue weighted by Crippen LogP contribution is 2.35. The summed E-state index contributed by atoms with van der Waals surface area (Å²) >= 11 is 1.31. The molecule has 0 aliphatic carbocycles. The number of hydrogen-bond acceptors (Lipinski definition) is 5. The van der Waals surface area contributed by atoms with Crippen molar-refractivity contribution in [3.05, 3.63) is 54.6 Å². The standard InChI is InChI=1S/C22H23N3O3S/c1-13(2)20(21(26)25-22(23)27)29-19-12-17(14-7-5-4-6-8-14)16-10-9-15(28-3)11-18(16)24-19/h4-13,20H,1-3H3,(H3,23,25,26,27)/t20-/m0/s1. The largest absolute Gasteiger partial charge is 0.497 e. The predicted molar refractivity (Wildman–Crippen MR) is 116 cm³/mol. The van der Waals surface area contributed by atoms with Crippen LogP contribution in [0.3, 0.4) is 0 Å². The van der Waals surface area contributed by atoms with E-state index >= 15 is 0 Å². The van der Waals surface area contributed by atoms with Crippen molar-refractivity contribution in [2.24, 2.45) is 11.7 Å². The maximum absolute atomic E-state index is 12.4. The lowest BCUT2D eigenvalue weighted by Crippen LogP contribution is -2.42. The van der Waals surface area contributed by atoms with Gasteiger partial charge in [-0.15, -0.1) is 0 Å². The van der Waals surface area contributed by atoms with Crippen molar-refractivity contribution in [1.29, 1.82) is 0 Å². The fourth-order valence-corrected chi connectivity index (χ4v) is 4.08. The van der Waals surface area contributed by atoms with Gasteiger partial charge in [0.25, 0.3) is 0 Å². The van der Waals surface area contributed by atoms with E-state index < -0.39 is 17.2 Å². The molecule has 3 rings (SSSR count). The normalized spacial score (nSPS) is 12.0. The van der Waals surface area contributed by atoms with Crippen LogP contribution in [0.2, 0.25) is 0 Å². The first-order chi connectivity index (χ1) is 13.9. The van der Waals surface area contributed by atoms with Crippen LogP contribution in [0.1, 0.15) is 13.8 Å². The van der Waals surface area contributed by atoms with Crippen molar-refractivity contribution in [1.82, 2.24) is 10.3 Å². The summed E-state index contributed by atoms with van der Waals surface area (Å²) in [5, 5.41) is 3.34. The molecule has 1 atom stereocenters. The number of thioether (sulfide) groups is 1. The highest BCUT2D eigenvalue weighted by Gasteiger charge is 2.25. The lowest BCUT2D eigenvalue weighted by atomic mass is 10.0. The van der Waals surface area contributed by atoms with E-state index in [1.807, 2.05) is 68.4 Å². The Kier molecular flexibility index (Phi) is 6.39. The Labute approximate surface area is 173 Å². The summed E-state index contributed by atoms with van der Waals surface area (Å²) in [6, 6.07) is 16.9. The lowest BCUT2D eigenvalue weighted by Gasteiger charge is -2.19. The van der Waals surface area contributed by atoms with Gasteiger partial charge >= 0.3 is 6.03 Å². The summed E-state index contributed by atoms with van der Waals surface area (Å²) in [5.41, 5.74) is 7.95. The van der Waals surface area contributed by atoms with Crippen LogP contribution in [0.5, 0.6) is 5.75 Å². The molecule has 1 aromatic heterocycles. The molecule has 0 bridgehead atoms. The van der Waals surface area contributed by atoms with Crippen molar-refractivity contribution in [3.8, 4) is 16.9 Å². The number of rotatable bonds is 6. The number of carbonyl (C=O) groups is 2. The molecule has 0 unspecified atom stereocenters. The zero-order valence-electron chi connectivity index (χ0n) is 16.5. The van der Waals surface area contributed by atoms with Gasteiger partial charge < -0.3 is 10.5 Å². The van der Waals surface area contributed by atoms with Crippen LogP contribution in [-0.4, -0.2) is 29.3 Å². The van der Waals surface area contributed by atoms with Crippen molar-refractivity contribution in [2.75, 3.05) is 7.11 Å². The van der Waals surface area contributed by atoms with Gasteiger partial charge in [-0.25, -0.2) is 9.78 Å². The van der Waals surface area contributed by atoms with Gasteiger partial charge in [0.05, 0.1) is 22.9 Å². The first-order valence-corrected chi connectivity index (χ1v) is 10.1. The van der Waals surface area contributed by atoms with Crippen LogP contribution < -0.4 is 15.8 Å². The van der Waals surface area contributed by atoms with E-state index in [4.69, 9.17) is 15.5 Å². The second-order valence-electron chi connectivity index (χ2n) is 6.89. The smallest absolute Gasteiger partial charge is 0.318 e. The van der Waals surface area contributed by atoms with Gasteiger partial charge in [-0.3, -0.25) is 10.1 Å². The van der Waals surface area contributed by atoms with Crippen LogP contribution in [0, 0.1) is 5.92 Å². The maximum atomic E-state index is 12.4. The Morgan fingerprint density at radius 1 is 1.10 bits per heavy atom. The zero-order valence-corrected chi connectivity index (χ0v) is 17.3. The Hall–Kier alpha value is -3.06. The summed E-state index contributed by atoms with van der Waals surface area (Å²) in [4.78, 5) is 28.3. The van der Waals surface area contributed by atoms with Crippen LogP contribution in [0.25, 0.3) is 22.0 Å². The quantitative estimate of drug-likeness (QED) is 0.595. The number of hydrogen-bond donors (Lipinski definition) is 2. The average molecular weight is 410 g/mol. The van der Waals surface area contributed by atoms with Gasteiger partial charge in [-0.2, -0.15) is 0 Å². The molecule has 3 N–H and O–H groups in total. The highest BCUT2D eigenvalue weighted by molar-refractivity contribution is 8.00. The summed E-state index contributed by atoms with van der Waals surface area (Å²) in [6.45, 7) is 3.83. The monoisotopic (exact) mass is 409 g/mol. The number of primary amides is 1. The number of benzene rings is 2. The van der Waals surface area contributed by atoms with Gasteiger partial charge in [-0.1, -0.05) is 55.9 Å². The average Bonchev–Trinajstić information content (AvgIpc) is 2.70. The minimum Gasteiger partial charge on any atom is -0.497 e. The van der Waals surface area contributed by atoms with E-state index in [0.717, 1.165) is 22.0 Å². The van der Waals surface area contributed by atoms with Gasteiger partial charge in [0.1, 0.15) is 5.75 Å². The number of imide groups is 1. The molecule has 6 nitrogen and oxygen atoms in total. The number of fused-ring (bicyclic) bond motifs is 1. The number of aromatic nitrogens is 1. The van der Waals surface area contributed by atoms with Gasteiger partial charge in [0.15, 0.2) is 0 Å². The van der Waals surface area contributed by atoms with Crippen molar-refractivity contribution in [2.45, 2.75) is 24.1 Å². The number of methoxy groups -OCH3 is 1. The van der Waals surface area contributed by atoms with E-state index in [9.17, 15) is 9.59 Å². The minimum absolute atomic E-state index is 0.0256. The van der Waals surface area contributed by atoms with Crippen molar-refractivity contribution < 1.29 is 14.3 Å². The van der Waals surface area contributed by atoms with E-state index in [0.29, 0.717) is 10.8 Å². The molecule has 0 saturated carbocycles. The molecule has 2 aromatic carbocycles. The fourth-order valence-electron chi connectivity index (χ4n) is 3.04. The molecule has 150 valence electrons. The van der Waals surface area contributed by atoms with E-state index in [1.165, 1.54) is 11.8 Å². The Balaban J connectivity index is 2.09. The number of carbonyl (C=O) groups excluding carboxylic acids is 2. The van der Waals surface area contributed by atoms with Crippen molar-refractivity contribution >= 4 is 34.6 Å². The molecule has 0 aliphatic rings. The van der Waals surface area contributed by atoms with Crippen LogP contribution in [0.15, 0.2) is 59.6 Å². The number of ether oxygens (including phenoxy) is 1. The molecule has 0 fully saturated rings. The third-order valence-electron chi connectivity index (χ3n) is 4.44. The molecule has 0 saturated heterocycles. The summed E-state index contributed by atoms with van der Waals surface area (Å²) in [6.07, 6.45) is 0. The molecule has 3 aromatic rings. The number of nitrogens with zero attached hydrogens (tertiary/aromatic N) is 1. The van der Waals surface area contributed by atoms with E-state index in [2.05, 4.69) is 5.32 Å². The van der Waals surface area contributed by atoms with E-state index in [-0.39, 0.29) is 5.92 Å². The van der Waals surface area contributed by atoms with Gasteiger partial charge in [-0.05, 0) is 35.2 Å². The number of nitrogens with two attached hydrogens (primary N) is 1. The van der Waals surface area contributed by atoms with Gasteiger partial charge in [0.2, 0.25) is 5.91 Å². The predicted octanol–water partition coefficient (Wildman–Crippen LogP) is 4.22. The number of pyridine rings is 1. The molecule has 7 heteroatoms. The SMILES string of the molecule is COc1ccc2c(-c3ccccc3)cc(S[C@H](C(=O)NC(N)=O)C(C)C)nc2c1. The van der Waals surface area contributed by atoms with Crippen LogP contribution >= 0.6 is 11.8 Å². The second-order valence-corrected chi connectivity index (χ2v) is 8.05. The zero-order chi connectivity index (χ0) is 21.0. The Bertz CT molecular complexity index is 1040. The molecular formula is C22H23N3O3S. The fraction of sp³-hybridized carbons (Fsp3) is 0.227. The number of amides is 3. The molecule has 3 amide bonds. The van der Waals surface area contributed by atoms with Crippen LogP contribution in [0.4, 0.5) is 4.79 Å². The number of nitrogens with one attached hydrogen (secondary N) is 1. The van der Waals surface area contributed by atoms with Gasteiger partial charge in [0, 0.05) is 11.5 Å². The molecular weight excluding hydrogens is 386 g/mol. The molecule has 0 spiro atoms. The lowest BCUT2D eigenvalue weighted by molar-refractivity contribution is -0.120. The second kappa shape index (κ2) is 8.96. The van der Waals surface area contributed by atoms with Crippen LogP contribution in [-0.2, 0) is 4.79 Å². The summed E-state index contributed by atoms with van der Waals surface area (Å²) in [7, 11) is 1.61.